The van der Waals surface area contributed by atoms with E-state index in [0.717, 1.165) is 49.6 Å². The Morgan fingerprint density at radius 2 is 1.92 bits per heavy atom. The van der Waals surface area contributed by atoms with Gasteiger partial charge in [-0.15, -0.1) is 0 Å². The lowest BCUT2D eigenvalue weighted by molar-refractivity contribution is 0.360. The van der Waals surface area contributed by atoms with Gasteiger partial charge in [-0.05, 0) is 38.6 Å². The lowest BCUT2D eigenvalue weighted by atomic mass is 10.1. The number of aromatic nitrogens is 3. The summed E-state index contributed by atoms with van der Waals surface area (Å²) in [4.78, 5) is 9.45. The van der Waals surface area contributed by atoms with Crippen LogP contribution in [0.3, 0.4) is 0 Å². The summed E-state index contributed by atoms with van der Waals surface area (Å²) in [5.74, 6) is 1.04. The fourth-order valence-electron chi connectivity index (χ4n) is 3.40. The van der Waals surface area contributed by atoms with Crippen molar-refractivity contribution in [2.24, 2.45) is 0 Å². The quantitative estimate of drug-likeness (QED) is 0.727. The van der Waals surface area contributed by atoms with Crippen LogP contribution in [0.25, 0.3) is 16.8 Å². The highest BCUT2D eigenvalue weighted by molar-refractivity contribution is 5.76. The second-order valence-corrected chi connectivity index (χ2v) is 6.57. The Labute approximate surface area is 142 Å². The predicted molar refractivity (Wildman–Crippen MR) is 97.5 cm³/mol. The zero-order valence-electron chi connectivity index (χ0n) is 14.3. The number of nitrogens with zero attached hydrogens (tertiary/aromatic N) is 5. The number of hydrogen-bond donors (Lipinski definition) is 0. The third kappa shape index (κ3) is 2.76. The molecule has 0 bridgehead atoms. The summed E-state index contributed by atoms with van der Waals surface area (Å²) < 4.78 is 1.96. The lowest BCUT2D eigenvalue weighted by Crippen LogP contribution is -2.29. The van der Waals surface area contributed by atoms with Crippen LogP contribution < -0.4 is 4.90 Å². The fraction of sp³-hybridized carbons (Fsp3) is 0.368. The van der Waals surface area contributed by atoms with Crippen LogP contribution in [0.15, 0.2) is 42.7 Å². The van der Waals surface area contributed by atoms with Crippen LogP contribution in [-0.4, -0.2) is 52.7 Å². The fourth-order valence-corrected chi connectivity index (χ4v) is 3.40. The van der Waals surface area contributed by atoms with Crippen molar-refractivity contribution in [2.45, 2.75) is 13.3 Å². The van der Waals surface area contributed by atoms with E-state index in [1.54, 1.807) is 0 Å². The van der Waals surface area contributed by atoms with Gasteiger partial charge in [-0.25, -0.2) is 9.50 Å². The van der Waals surface area contributed by atoms with E-state index in [4.69, 9.17) is 5.10 Å². The minimum atomic E-state index is 1.01. The van der Waals surface area contributed by atoms with Gasteiger partial charge >= 0.3 is 0 Å². The highest BCUT2D eigenvalue weighted by Gasteiger charge is 2.18. The lowest BCUT2D eigenvalue weighted by Gasteiger charge is -2.22. The molecule has 0 amide bonds. The van der Waals surface area contributed by atoms with Crippen molar-refractivity contribution in [2.75, 3.05) is 38.1 Å². The van der Waals surface area contributed by atoms with Crippen LogP contribution in [-0.2, 0) is 0 Å². The molecule has 0 radical (unpaired) electrons. The van der Waals surface area contributed by atoms with E-state index in [2.05, 4.69) is 59.1 Å². The van der Waals surface area contributed by atoms with Crippen LogP contribution in [0.5, 0.6) is 0 Å². The normalized spacial score (nSPS) is 16.5. The number of rotatable bonds is 2. The second-order valence-electron chi connectivity index (χ2n) is 6.57. The molecule has 5 nitrogen and oxygen atoms in total. The third-order valence-corrected chi connectivity index (χ3v) is 4.81. The van der Waals surface area contributed by atoms with E-state index < -0.39 is 0 Å². The van der Waals surface area contributed by atoms with E-state index in [9.17, 15) is 0 Å². The smallest absolute Gasteiger partial charge is 0.154 e. The van der Waals surface area contributed by atoms with Gasteiger partial charge in [0.1, 0.15) is 5.52 Å². The molecule has 1 fully saturated rings. The number of benzene rings is 1. The van der Waals surface area contributed by atoms with E-state index in [-0.39, 0.29) is 0 Å². The van der Waals surface area contributed by atoms with Crippen molar-refractivity contribution in [3.05, 3.63) is 48.3 Å². The molecule has 4 rings (SSSR count). The summed E-state index contributed by atoms with van der Waals surface area (Å²) in [6.45, 7) is 6.40. The molecule has 0 N–H and O–H groups in total. The molecule has 1 aliphatic rings. The molecule has 5 heteroatoms. The van der Waals surface area contributed by atoms with Gasteiger partial charge in [-0.2, -0.15) is 5.10 Å². The Hall–Kier alpha value is -2.40. The topological polar surface area (TPSA) is 36.7 Å². The molecule has 0 aliphatic carbocycles. The van der Waals surface area contributed by atoms with Crippen LogP contribution in [0.4, 0.5) is 5.82 Å². The van der Waals surface area contributed by atoms with Crippen LogP contribution in [0, 0.1) is 6.92 Å². The first-order chi connectivity index (χ1) is 11.7. The largest absolute Gasteiger partial charge is 0.353 e. The highest BCUT2D eigenvalue weighted by Crippen LogP contribution is 2.27. The zero-order valence-corrected chi connectivity index (χ0v) is 14.3. The second kappa shape index (κ2) is 6.24. The van der Waals surface area contributed by atoms with Crippen molar-refractivity contribution in [1.29, 1.82) is 0 Å². The van der Waals surface area contributed by atoms with Crippen LogP contribution in [0.2, 0.25) is 0 Å². The Morgan fingerprint density at radius 1 is 1.04 bits per heavy atom. The predicted octanol–water partition coefficient (Wildman–Crippen LogP) is 2.85. The summed E-state index contributed by atoms with van der Waals surface area (Å²) in [7, 11) is 2.19. The third-order valence-electron chi connectivity index (χ3n) is 4.81. The molecule has 0 spiro atoms. The van der Waals surface area contributed by atoms with E-state index in [1.165, 1.54) is 11.1 Å². The van der Waals surface area contributed by atoms with Gasteiger partial charge in [-0.1, -0.05) is 24.3 Å². The molecule has 24 heavy (non-hydrogen) atoms. The number of anilines is 1. The van der Waals surface area contributed by atoms with Crippen molar-refractivity contribution in [3.63, 3.8) is 0 Å². The molecule has 0 saturated carbocycles. The van der Waals surface area contributed by atoms with Crippen molar-refractivity contribution in [1.82, 2.24) is 19.5 Å². The van der Waals surface area contributed by atoms with E-state index >= 15 is 0 Å². The highest BCUT2D eigenvalue weighted by atomic mass is 15.3. The molecular weight excluding hydrogens is 298 g/mol. The van der Waals surface area contributed by atoms with Gasteiger partial charge in [0.25, 0.3) is 0 Å². The molecule has 1 aromatic carbocycles. The zero-order chi connectivity index (χ0) is 16.5. The summed E-state index contributed by atoms with van der Waals surface area (Å²) in [6.07, 6.45) is 4.95. The van der Waals surface area contributed by atoms with Crippen LogP contribution >= 0.6 is 0 Å². The maximum absolute atomic E-state index is 4.78. The van der Waals surface area contributed by atoms with Gasteiger partial charge in [0, 0.05) is 37.6 Å². The summed E-state index contributed by atoms with van der Waals surface area (Å²) in [6, 6.07) is 10.6. The first kappa shape index (κ1) is 15.1. The van der Waals surface area contributed by atoms with Gasteiger partial charge in [0.2, 0.25) is 0 Å². The van der Waals surface area contributed by atoms with Gasteiger partial charge in [-0.3, -0.25) is 0 Å². The average molecular weight is 321 g/mol. The number of fused-ring (bicyclic) bond motifs is 1. The Morgan fingerprint density at radius 3 is 2.79 bits per heavy atom. The van der Waals surface area contributed by atoms with E-state index in [1.807, 2.05) is 16.9 Å². The molecule has 2 aromatic heterocycles. The molecule has 3 heterocycles. The summed E-state index contributed by atoms with van der Waals surface area (Å²) in [5.41, 5.74) is 4.52. The average Bonchev–Trinajstić information content (AvgIpc) is 2.90. The van der Waals surface area contributed by atoms with Crippen molar-refractivity contribution < 1.29 is 0 Å². The Balaban J connectivity index is 1.76. The van der Waals surface area contributed by atoms with Crippen LogP contribution in [0.1, 0.15) is 12.0 Å². The number of aryl methyl sites for hydroxylation is 1. The van der Waals surface area contributed by atoms with Gasteiger partial charge in [0.05, 0.1) is 5.69 Å². The Bertz CT molecular complexity index is 854. The van der Waals surface area contributed by atoms with E-state index in [0.29, 0.717) is 0 Å². The number of likely N-dealkylation sites (N-methyl/N-ethyl adjacent to an activating group) is 1. The Kier molecular flexibility index (Phi) is 3.94. The minimum Gasteiger partial charge on any atom is -0.353 e. The van der Waals surface area contributed by atoms with Gasteiger partial charge < -0.3 is 9.80 Å². The molecule has 124 valence electrons. The first-order valence-electron chi connectivity index (χ1n) is 8.56. The molecular formula is C19H23N5. The van der Waals surface area contributed by atoms with Gasteiger partial charge in [0.15, 0.2) is 5.82 Å². The van der Waals surface area contributed by atoms with Crippen molar-refractivity contribution >= 4 is 11.3 Å². The molecule has 3 aromatic rings. The molecule has 0 unspecified atom stereocenters. The summed E-state index contributed by atoms with van der Waals surface area (Å²) >= 11 is 0. The summed E-state index contributed by atoms with van der Waals surface area (Å²) in [5, 5.41) is 4.78. The SMILES string of the molecule is Cc1ccccc1-c1cc2c(N3CCCN(C)CC3)nccn2n1. The molecule has 1 saturated heterocycles. The molecule has 0 atom stereocenters. The maximum atomic E-state index is 4.78. The first-order valence-corrected chi connectivity index (χ1v) is 8.56. The monoisotopic (exact) mass is 321 g/mol. The molecule has 1 aliphatic heterocycles. The standard InChI is InChI=1S/C19H23N5/c1-15-6-3-4-7-16(15)17-14-18-19(20-8-11-24(18)21-17)23-10-5-9-22(2)12-13-23/h3-4,6-8,11,14H,5,9-10,12-13H2,1-2H3. The number of hydrogen-bond acceptors (Lipinski definition) is 4. The van der Waals surface area contributed by atoms with Crippen molar-refractivity contribution in [3.8, 4) is 11.3 Å². The minimum absolute atomic E-state index is 1.01. The maximum Gasteiger partial charge on any atom is 0.154 e.